The second-order valence-electron chi connectivity index (χ2n) is 3.84. The summed E-state index contributed by atoms with van der Waals surface area (Å²) in [5, 5.41) is 0. The first-order chi connectivity index (χ1) is 8.20. The first kappa shape index (κ1) is 10.2. The van der Waals surface area contributed by atoms with E-state index in [1.165, 1.54) is 11.3 Å². The van der Waals surface area contributed by atoms with Crippen LogP contribution in [0.2, 0.25) is 0 Å². The van der Waals surface area contributed by atoms with E-state index in [0.29, 0.717) is 0 Å². The van der Waals surface area contributed by atoms with E-state index >= 15 is 0 Å². The monoisotopic (exact) mass is 246 g/mol. The number of hydrogen-bond acceptors (Lipinski definition) is 4. The minimum Gasteiger partial charge on any atom is -0.332 e. The first-order valence-corrected chi connectivity index (χ1v) is 5.92. The maximum absolute atomic E-state index is 10.8. The van der Waals surface area contributed by atoms with Gasteiger partial charge < -0.3 is 4.57 Å². The molecule has 3 heterocycles. The van der Waals surface area contributed by atoms with Crippen LogP contribution in [0.5, 0.6) is 0 Å². The molecule has 6 heteroatoms. The lowest BCUT2D eigenvalue weighted by atomic mass is 10.3. The standard InChI is InChI=1S/C11H10N4OS/c1-7-10(5-16)17-11-13-8(4-15(7)11)9-3-12-6-14(9)2/h3-6H,1-2H3. The van der Waals surface area contributed by atoms with Crippen LogP contribution >= 0.6 is 11.3 Å². The molecule has 0 radical (unpaired) electrons. The van der Waals surface area contributed by atoms with Crippen molar-refractivity contribution < 1.29 is 4.79 Å². The molecule has 0 aliphatic rings. The van der Waals surface area contributed by atoms with Crippen molar-refractivity contribution in [2.45, 2.75) is 6.92 Å². The van der Waals surface area contributed by atoms with Gasteiger partial charge in [-0.2, -0.15) is 0 Å². The number of hydrogen-bond donors (Lipinski definition) is 0. The molecular weight excluding hydrogens is 236 g/mol. The van der Waals surface area contributed by atoms with Gasteiger partial charge in [-0.25, -0.2) is 9.97 Å². The minimum absolute atomic E-state index is 0.726. The molecule has 3 aromatic rings. The van der Waals surface area contributed by atoms with Crippen LogP contribution in [0, 0.1) is 6.92 Å². The van der Waals surface area contributed by atoms with E-state index in [4.69, 9.17) is 0 Å². The van der Waals surface area contributed by atoms with Gasteiger partial charge in [0.05, 0.1) is 23.1 Å². The Morgan fingerprint density at radius 1 is 1.47 bits per heavy atom. The van der Waals surface area contributed by atoms with Gasteiger partial charge in [0.15, 0.2) is 11.2 Å². The van der Waals surface area contributed by atoms with E-state index in [1.807, 2.05) is 29.1 Å². The molecule has 0 amide bonds. The van der Waals surface area contributed by atoms with E-state index in [1.54, 1.807) is 12.5 Å². The lowest BCUT2D eigenvalue weighted by molar-refractivity contribution is 0.112. The minimum atomic E-state index is 0.726. The summed E-state index contributed by atoms with van der Waals surface area (Å²) >= 11 is 1.40. The quantitative estimate of drug-likeness (QED) is 0.649. The zero-order chi connectivity index (χ0) is 12.0. The summed E-state index contributed by atoms with van der Waals surface area (Å²) in [6.07, 6.45) is 6.33. The fourth-order valence-corrected chi connectivity index (χ4v) is 2.73. The molecular formula is C11H10N4OS. The van der Waals surface area contributed by atoms with E-state index < -0.39 is 0 Å². The van der Waals surface area contributed by atoms with Gasteiger partial charge in [-0.05, 0) is 6.92 Å². The van der Waals surface area contributed by atoms with Crippen LogP contribution in [0.1, 0.15) is 15.4 Å². The number of aldehydes is 1. The number of carbonyl (C=O) groups excluding carboxylic acids is 1. The zero-order valence-electron chi connectivity index (χ0n) is 9.41. The van der Waals surface area contributed by atoms with Gasteiger partial charge in [0.2, 0.25) is 0 Å². The van der Waals surface area contributed by atoms with Gasteiger partial charge in [-0.15, -0.1) is 0 Å². The third-order valence-electron chi connectivity index (χ3n) is 2.78. The highest BCUT2D eigenvalue weighted by Crippen LogP contribution is 2.25. The summed E-state index contributed by atoms with van der Waals surface area (Å²) in [5.74, 6) is 0. The molecule has 0 saturated carbocycles. The summed E-state index contributed by atoms with van der Waals surface area (Å²) in [6.45, 7) is 1.92. The maximum Gasteiger partial charge on any atom is 0.195 e. The molecule has 0 unspecified atom stereocenters. The summed E-state index contributed by atoms with van der Waals surface area (Å²) in [4.78, 5) is 21.0. The van der Waals surface area contributed by atoms with E-state index in [0.717, 1.165) is 33.2 Å². The van der Waals surface area contributed by atoms with Crippen molar-refractivity contribution in [3.05, 3.63) is 29.3 Å². The van der Waals surface area contributed by atoms with Crippen molar-refractivity contribution in [2.24, 2.45) is 7.05 Å². The number of fused-ring (bicyclic) bond motifs is 1. The third kappa shape index (κ3) is 1.41. The molecule has 17 heavy (non-hydrogen) atoms. The van der Waals surface area contributed by atoms with Crippen molar-refractivity contribution in [2.75, 3.05) is 0 Å². The molecule has 0 aliphatic heterocycles. The van der Waals surface area contributed by atoms with Crippen LogP contribution in [0.15, 0.2) is 18.7 Å². The Hall–Kier alpha value is -1.95. The summed E-state index contributed by atoms with van der Waals surface area (Å²) in [5.41, 5.74) is 2.77. The Balaban J connectivity index is 2.22. The highest BCUT2D eigenvalue weighted by atomic mass is 32.1. The first-order valence-electron chi connectivity index (χ1n) is 5.11. The van der Waals surface area contributed by atoms with Gasteiger partial charge in [0.1, 0.15) is 5.69 Å². The molecule has 0 N–H and O–H groups in total. The molecule has 0 saturated heterocycles. The fraction of sp³-hybridized carbons (Fsp3) is 0.182. The molecule has 0 bridgehead atoms. The van der Waals surface area contributed by atoms with Crippen LogP contribution < -0.4 is 0 Å². The number of rotatable bonds is 2. The Bertz CT molecular complexity index is 706. The van der Waals surface area contributed by atoms with Crippen LogP contribution in [0.3, 0.4) is 0 Å². The SMILES string of the molecule is Cc1c(C=O)sc2nc(-c3cncn3C)cn12. The molecule has 3 aromatic heterocycles. The van der Waals surface area contributed by atoms with Gasteiger partial charge in [-0.1, -0.05) is 11.3 Å². The van der Waals surface area contributed by atoms with Crippen molar-refractivity contribution >= 4 is 22.6 Å². The molecule has 0 aromatic carbocycles. The van der Waals surface area contributed by atoms with E-state index in [2.05, 4.69) is 9.97 Å². The zero-order valence-corrected chi connectivity index (χ0v) is 10.2. The average molecular weight is 246 g/mol. The number of thiazole rings is 1. The van der Waals surface area contributed by atoms with E-state index in [-0.39, 0.29) is 0 Å². The molecule has 0 atom stereocenters. The number of aryl methyl sites for hydroxylation is 2. The Labute approximate surface area is 101 Å². The third-order valence-corrected chi connectivity index (χ3v) is 3.86. The fourth-order valence-electron chi connectivity index (χ4n) is 1.80. The van der Waals surface area contributed by atoms with Crippen molar-refractivity contribution in [1.29, 1.82) is 0 Å². The smallest absolute Gasteiger partial charge is 0.195 e. The van der Waals surface area contributed by atoms with Crippen LogP contribution in [0.4, 0.5) is 0 Å². The predicted octanol–water partition coefficient (Wildman–Crippen LogP) is 1.92. The maximum atomic E-state index is 10.8. The summed E-state index contributed by atoms with van der Waals surface area (Å²) in [6, 6.07) is 0. The highest BCUT2D eigenvalue weighted by Gasteiger charge is 2.13. The molecule has 0 aliphatic carbocycles. The van der Waals surface area contributed by atoms with Gasteiger partial charge >= 0.3 is 0 Å². The predicted molar refractivity (Wildman–Crippen MR) is 65.4 cm³/mol. The second kappa shape index (κ2) is 3.53. The molecule has 0 fully saturated rings. The highest BCUT2D eigenvalue weighted by molar-refractivity contribution is 7.18. The van der Waals surface area contributed by atoms with Crippen molar-refractivity contribution in [1.82, 2.24) is 18.9 Å². The number of imidazole rings is 2. The lowest BCUT2D eigenvalue weighted by Crippen LogP contribution is -1.89. The Morgan fingerprint density at radius 2 is 2.29 bits per heavy atom. The van der Waals surface area contributed by atoms with Crippen LogP contribution in [-0.2, 0) is 7.05 Å². The Kier molecular flexibility index (Phi) is 2.12. The summed E-state index contributed by atoms with van der Waals surface area (Å²) in [7, 11) is 1.93. The van der Waals surface area contributed by atoms with Gasteiger partial charge in [-0.3, -0.25) is 9.20 Å². The van der Waals surface area contributed by atoms with Gasteiger partial charge in [0.25, 0.3) is 0 Å². The number of carbonyl (C=O) groups is 1. The summed E-state index contributed by atoms with van der Waals surface area (Å²) < 4.78 is 3.86. The number of aromatic nitrogens is 4. The molecule has 5 nitrogen and oxygen atoms in total. The lowest BCUT2D eigenvalue weighted by Gasteiger charge is -1.95. The van der Waals surface area contributed by atoms with E-state index in [9.17, 15) is 4.79 Å². The van der Waals surface area contributed by atoms with Crippen molar-refractivity contribution in [3.8, 4) is 11.4 Å². The van der Waals surface area contributed by atoms with Crippen molar-refractivity contribution in [3.63, 3.8) is 0 Å². The number of nitrogens with zero attached hydrogens (tertiary/aromatic N) is 4. The average Bonchev–Trinajstić information content (AvgIpc) is 2.95. The second-order valence-corrected chi connectivity index (χ2v) is 4.85. The van der Waals surface area contributed by atoms with Crippen LogP contribution in [-0.4, -0.2) is 25.2 Å². The largest absolute Gasteiger partial charge is 0.332 e. The molecule has 86 valence electrons. The molecule has 0 spiro atoms. The normalized spacial score (nSPS) is 11.2. The molecule has 3 rings (SSSR count). The van der Waals surface area contributed by atoms with Gasteiger partial charge in [0, 0.05) is 18.9 Å². The Morgan fingerprint density at radius 3 is 2.88 bits per heavy atom. The van der Waals surface area contributed by atoms with Crippen LogP contribution in [0.25, 0.3) is 16.3 Å². The topological polar surface area (TPSA) is 52.2 Å².